The number of likely N-dealkylation sites (tertiary alicyclic amines) is 2. The van der Waals surface area contributed by atoms with Crippen molar-refractivity contribution in [3.8, 4) is 0 Å². The van der Waals surface area contributed by atoms with Crippen LogP contribution in [0.5, 0.6) is 0 Å². The molecule has 0 spiro atoms. The quantitative estimate of drug-likeness (QED) is 0.699. The Morgan fingerprint density at radius 1 is 1.27 bits per heavy atom. The fraction of sp³-hybridized carbons (Fsp3) is 0.909. The van der Waals surface area contributed by atoms with E-state index in [1.807, 2.05) is 18.7 Å². The first kappa shape index (κ1) is 10.7. The van der Waals surface area contributed by atoms with Crippen LogP contribution in [0.4, 0.5) is 4.79 Å². The third-order valence-electron chi connectivity index (χ3n) is 3.53. The van der Waals surface area contributed by atoms with Gasteiger partial charge in [-0.3, -0.25) is 0 Å². The molecule has 2 atom stereocenters. The minimum Gasteiger partial charge on any atom is -0.336 e. The summed E-state index contributed by atoms with van der Waals surface area (Å²) in [5.74, 6) is 0. The number of nitrogens with one attached hydrogen (secondary N) is 1. The van der Waals surface area contributed by atoms with Crippen molar-refractivity contribution in [3.05, 3.63) is 0 Å². The van der Waals surface area contributed by atoms with Gasteiger partial charge in [-0.25, -0.2) is 4.79 Å². The number of fused-ring (bicyclic) bond motifs is 1. The molecule has 2 aliphatic heterocycles. The Bertz CT molecular complexity index is 254. The molecule has 2 heterocycles. The van der Waals surface area contributed by atoms with Gasteiger partial charge in [-0.1, -0.05) is 0 Å². The highest BCUT2D eigenvalue weighted by atomic mass is 16.2. The number of carbonyl (C=O) groups excluding carboxylic acids is 1. The van der Waals surface area contributed by atoms with Gasteiger partial charge in [0.1, 0.15) is 0 Å². The van der Waals surface area contributed by atoms with E-state index in [2.05, 4.69) is 17.3 Å². The lowest BCUT2D eigenvalue weighted by molar-refractivity contribution is 0.188. The number of nitrogens with zero attached hydrogens (tertiary/aromatic N) is 2. The van der Waals surface area contributed by atoms with Gasteiger partial charge in [0.2, 0.25) is 0 Å². The van der Waals surface area contributed by atoms with Gasteiger partial charge in [-0.15, -0.1) is 0 Å². The molecular weight excluding hydrogens is 190 g/mol. The Morgan fingerprint density at radius 3 is 2.60 bits per heavy atom. The van der Waals surface area contributed by atoms with Crippen molar-refractivity contribution in [1.82, 2.24) is 15.1 Å². The molecular formula is C11H21N3O. The first-order chi connectivity index (χ1) is 7.09. The molecule has 2 saturated heterocycles. The number of likely N-dealkylation sites (N-methyl/N-ethyl adjacent to an activating group) is 1. The standard InChI is InChI=1S/C11H21N3O/c1-8(2)12-11(15)14-7-5-9-10(14)4-6-13(9)3/h8-10H,4-7H2,1-3H3,(H,12,15). The minimum absolute atomic E-state index is 0.118. The van der Waals surface area contributed by atoms with Gasteiger partial charge >= 0.3 is 6.03 Å². The molecule has 0 aromatic carbocycles. The molecule has 86 valence electrons. The maximum atomic E-state index is 11.9. The Morgan fingerprint density at radius 2 is 1.93 bits per heavy atom. The number of rotatable bonds is 1. The highest BCUT2D eigenvalue weighted by molar-refractivity contribution is 5.75. The number of hydrogen-bond acceptors (Lipinski definition) is 2. The van der Waals surface area contributed by atoms with E-state index in [4.69, 9.17) is 0 Å². The van der Waals surface area contributed by atoms with Gasteiger partial charge in [-0.2, -0.15) is 0 Å². The molecule has 15 heavy (non-hydrogen) atoms. The molecule has 2 fully saturated rings. The molecule has 0 aliphatic carbocycles. The predicted octanol–water partition coefficient (Wildman–Crippen LogP) is 0.883. The third-order valence-corrected chi connectivity index (χ3v) is 3.53. The van der Waals surface area contributed by atoms with Crippen LogP contribution in [-0.4, -0.2) is 54.1 Å². The van der Waals surface area contributed by atoms with Crippen molar-refractivity contribution >= 4 is 6.03 Å². The van der Waals surface area contributed by atoms with E-state index in [9.17, 15) is 4.79 Å². The zero-order chi connectivity index (χ0) is 11.0. The zero-order valence-electron chi connectivity index (χ0n) is 9.86. The first-order valence-corrected chi connectivity index (χ1v) is 5.87. The number of amides is 2. The van der Waals surface area contributed by atoms with Crippen LogP contribution in [0.15, 0.2) is 0 Å². The fourth-order valence-electron chi connectivity index (χ4n) is 2.78. The molecule has 0 radical (unpaired) electrons. The maximum Gasteiger partial charge on any atom is 0.317 e. The Kier molecular flexibility index (Phi) is 2.87. The summed E-state index contributed by atoms with van der Waals surface area (Å²) in [6.45, 7) is 6.05. The molecule has 2 amide bonds. The summed E-state index contributed by atoms with van der Waals surface area (Å²) in [7, 11) is 2.16. The minimum atomic E-state index is 0.118. The topological polar surface area (TPSA) is 35.6 Å². The summed E-state index contributed by atoms with van der Waals surface area (Å²) >= 11 is 0. The lowest BCUT2D eigenvalue weighted by atomic mass is 10.1. The van der Waals surface area contributed by atoms with Crippen molar-refractivity contribution in [2.24, 2.45) is 0 Å². The van der Waals surface area contributed by atoms with Crippen LogP contribution in [0, 0.1) is 0 Å². The molecule has 4 nitrogen and oxygen atoms in total. The van der Waals surface area contributed by atoms with Crippen molar-refractivity contribution in [1.29, 1.82) is 0 Å². The highest BCUT2D eigenvalue weighted by Crippen LogP contribution is 2.30. The second kappa shape index (κ2) is 4.00. The van der Waals surface area contributed by atoms with Gasteiger partial charge in [0.25, 0.3) is 0 Å². The van der Waals surface area contributed by atoms with Crippen LogP contribution in [0.1, 0.15) is 26.7 Å². The first-order valence-electron chi connectivity index (χ1n) is 5.87. The molecule has 2 unspecified atom stereocenters. The van der Waals surface area contributed by atoms with E-state index in [-0.39, 0.29) is 12.1 Å². The van der Waals surface area contributed by atoms with Crippen LogP contribution in [0.3, 0.4) is 0 Å². The van der Waals surface area contributed by atoms with Crippen molar-refractivity contribution in [2.75, 3.05) is 20.1 Å². The van der Waals surface area contributed by atoms with Gasteiger partial charge in [0.05, 0.1) is 6.04 Å². The predicted molar refractivity (Wildman–Crippen MR) is 59.8 cm³/mol. The summed E-state index contributed by atoms with van der Waals surface area (Å²) < 4.78 is 0. The van der Waals surface area contributed by atoms with Crippen LogP contribution in [-0.2, 0) is 0 Å². The summed E-state index contributed by atoms with van der Waals surface area (Å²) in [6.07, 6.45) is 2.26. The number of carbonyl (C=O) groups is 1. The average Bonchev–Trinajstić information content (AvgIpc) is 2.67. The van der Waals surface area contributed by atoms with Crippen LogP contribution in [0.25, 0.3) is 0 Å². The summed E-state index contributed by atoms with van der Waals surface area (Å²) in [6, 6.07) is 1.40. The maximum absolute atomic E-state index is 11.9. The summed E-state index contributed by atoms with van der Waals surface area (Å²) in [5.41, 5.74) is 0. The SMILES string of the molecule is CC(C)NC(=O)N1CCC2C1CCN2C. The lowest BCUT2D eigenvalue weighted by Gasteiger charge is -2.25. The van der Waals surface area contributed by atoms with E-state index in [0.717, 1.165) is 25.9 Å². The van der Waals surface area contributed by atoms with Crippen molar-refractivity contribution in [3.63, 3.8) is 0 Å². The number of urea groups is 1. The van der Waals surface area contributed by atoms with E-state index in [1.165, 1.54) is 0 Å². The van der Waals surface area contributed by atoms with E-state index in [0.29, 0.717) is 12.1 Å². The Labute approximate surface area is 91.6 Å². The van der Waals surface area contributed by atoms with Gasteiger partial charge in [-0.05, 0) is 33.7 Å². The van der Waals surface area contributed by atoms with Crippen LogP contribution < -0.4 is 5.32 Å². The fourth-order valence-corrected chi connectivity index (χ4v) is 2.78. The van der Waals surface area contributed by atoms with E-state index >= 15 is 0 Å². The Balaban J connectivity index is 1.97. The second-order valence-corrected chi connectivity index (χ2v) is 4.99. The number of hydrogen-bond donors (Lipinski definition) is 1. The third kappa shape index (κ3) is 1.95. The zero-order valence-corrected chi connectivity index (χ0v) is 9.86. The smallest absolute Gasteiger partial charge is 0.317 e. The summed E-state index contributed by atoms with van der Waals surface area (Å²) in [5, 5.41) is 2.98. The molecule has 0 bridgehead atoms. The normalized spacial score (nSPS) is 31.1. The van der Waals surface area contributed by atoms with E-state index in [1.54, 1.807) is 0 Å². The Hall–Kier alpha value is -0.770. The molecule has 0 aromatic rings. The van der Waals surface area contributed by atoms with Crippen molar-refractivity contribution < 1.29 is 4.79 Å². The molecule has 0 saturated carbocycles. The van der Waals surface area contributed by atoms with Crippen LogP contribution >= 0.6 is 0 Å². The lowest BCUT2D eigenvalue weighted by Crippen LogP contribution is -2.46. The van der Waals surface area contributed by atoms with Crippen molar-refractivity contribution in [2.45, 2.75) is 44.8 Å². The van der Waals surface area contributed by atoms with E-state index < -0.39 is 0 Å². The van der Waals surface area contributed by atoms with Crippen LogP contribution in [0.2, 0.25) is 0 Å². The van der Waals surface area contributed by atoms with Gasteiger partial charge in [0, 0.05) is 25.2 Å². The average molecular weight is 211 g/mol. The largest absolute Gasteiger partial charge is 0.336 e. The van der Waals surface area contributed by atoms with Gasteiger partial charge < -0.3 is 15.1 Å². The highest BCUT2D eigenvalue weighted by Gasteiger charge is 2.42. The summed E-state index contributed by atoms with van der Waals surface area (Å²) in [4.78, 5) is 16.3. The molecule has 4 heteroatoms. The van der Waals surface area contributed by atoms with Gasteiger partial charge in [0.15, 0.2) is 0 Å². The molecule has 1 N–H and O–H groups in total. The molecule has 2 rings (SSSR count). The molecule has 2 aliphatic rings. The second-order valence-electron chi connectivity index (χ2n) is 4.99. The molecule has 0 aromatic heterocycles. The monoisotopic (exact) mass is 211 g/mol.